The minimum Gasteiger partial charge on any atom is -0.323 e. The largest absolute Gasteiger partial charge is 0.323 e. The van der Waals surface area contributed by atoms with Crippen LogP contribution in [0.3, 0.4) is 0 Å². The molecule has 0 bridgehead atoms. The summed E-state index contributed by atoms with van der Waals surface area (Å²) < 4.78 is 28.6. The molecule has 0 saturated carbocycles. The number of aromatic nitrogens is 2. The van der Waals surface area contributed by atoms with Crippen molar-refractivity contribution in [2.45, 2.75) is 13.0 Å². The first-order chi connectivity index (χ1) is 10.2. The highest BCUT2D eigenvalue weighted by atomic mass is 19.1. The van der Waals surface area contributed by atoms with Gasteiger partial charge in [-0.2, -0.15) is 5.26 Å². The van der Waals surface area contributed by atoms with E-state index in [1.165, 1.54) is 12.1 Å². The second-order valence-corrected chi connectivity index (χ2v) is 4.67. The van der Waals surface area contributed by atoms with Crippen LogP contribution < -0.4 is 0 Å². The van der Waals surface area contributed by atoms with Crippen LogP contribution in [-0.4, -0.2) is 9.55 Å². The Kier molecular flexibility index (Phi) is 3.36. The van der Waals surface area contributed by atoms with Crippen molar-refractivity contribution < 1.29 is 8.78 Å². The molecule has 0 fully saturated rings. The monoisotopic (exact) mass is 283 g/mol. The zero-order valence-corrected chi connectivity index (χ0v) is 11.1. The predicted molar refractivity (Wildman–Crippen MR) is 74.5 cm³/mol. The number of hydrogen-bond acceptors (Lipinski definition) is 2. The third-order valence-electron chi connectivity index (χ3n) is 3.31. The zero-order valence-electron chi connectivity index (χ0n) is 11.1. The minimum atomic E-state index is -0.607. The van der Waals surface area contributed by atoms with Gasteiger partial charge < -0.3 is 4.57 Å². The molecule has 0 radical (unpaired) electrons. The number of halogens is 2. The lowest BCUT2D eigenvalue weighted by molar-refractivity contribution is 0.566. The number of rotatable bonds is 3. The number of hydrogen-bond donors (Lipinski definition) is 0. The van der Waals surface area contributed by atoms with E-state index in [1.54, 1.807) is 4.57 Å². The van der Waals surface area contributed by atoms with Gasteiger partial charge in [-0.15, -0.1) is 0 Å². The summed E-state index contributed by atoms with van der Waals surface area (Å²) in [6, 6.07) is 13.0. The van der Waals surface area contributed by atoms with Gasteiger partial charge in [0.25, 0.3) is 0 Å². The number of imidazole rings is 1. The third-order valence-corrected chi connectivity index (χ3v) is 3.31. The van der Waals surface area contributed by atoms with E-state index in [1.807, 2.05) is 24.3 Å². The van der Waals surface area contributed by atoms with E-state index in [9.17, 15) is 8.78 Å². The van der Waals surface area contributed by atoms with Crippen molar-refractivity contribution in [3.05, 3.63) is 65.5 Å². The predicted octanol–water partition coefficient (Wildman–Crippen LogP) is 3.43. The smallest absolute Gasteiger partial charge is 0.131 e. The van der Waals surface area contributed by atoms with E-state index in [2.05, 4.69) is 11.1 Å². The standard InChI is InChI=1S/C16H11F2N3/c17-12-6-5-11(13(18)9-12)10-21-15-4-2-1-3-14(15)20-16(21)7-8-19/h1-6,9H,7,10H2. The van der Waals surface area contributed by atoms with Crippen molar-refractivity contribution in [1.82, 2.24) is 9.55 Å². The van der Waals surface area contributed by atoms with Gasteiger partial charge in [-0.25, -0.2) is 13.8 Å². The van der Waals surface area contributed by atoms with Crippen LogP contribution in [-0.2, 0) is 13.0 Å². The van der Waals surface area contributed by atoms with Crippen LogP contribution in [0.15, 0.2) is 42.5 Å². The van der Waals surface area contributed by atoms with Gasteiger partial charge in [0.05, 0.1) is 30.1 Å². The fraction of sp³-hybridized carbons (Fsp3) is 0.125. The molecular weight excluding hydrogens is 272 g/mol. The highest BCUT2D eigenvalue weighted by Gasteiger charge is 2.12. The van der Waals surface area contributed by atoms with Gasteiger partial charge in [0.1, 0.15) is 17.5 Å². The van der Waals surface area contributed by atoms with Crippen LogP contribution in [0.25, 0.3) is 11.0 Å². The van der Waals surface area contributed by atoms with Gasteiger partial charge in [-0.3, -0.25) is 0 Å². The summed E-state index contributed by atoms with van der Waals surface area (Å²) in [4.78, 5) is 4.39. The summed E-state index contributed by atoms with van der Waals surface area (Å²) in [7, 11) is 0. The van der Waals surface area contributed by atoms with E-state index in [-0.39, 0.29) is 13.0 Å². The van der Waals surface area contributed by atoms with Crippen LogP contribution in [0.5, 0.6) is 0 Å². The fourth-order valence-electron chi connectivity index (χ4n) is 2.33. The van der Waals surface area contributed by atoms with Gasteiger partial charge in [0.15, 0.2) is 0 Å². The van der Waals surface area contributed by atoms with Crippen LogP contribution in [0.2, 0.25) is 0 Å². The maximum absolute atomic E-state index is 13.8. The molecule has 0 aliphatic rings. The van der Waals surface area contributed by atoms with Crippen LogP contribution in [0.4, 0.5) is 8.78 Å². The van der Waals surface area contributed by atoms with Gasteiger partial charge >= 0.3 is 0 Å². The topological polar surface area (TPSA) is 41.6 Å². The number of para-hydroxylation sites is 2. The zero-order chi connectivity index (χ0) is 14.8. The maximum atomic E-state index is 13.8. The second kappa shape index (κ2) is 5.33. The molecule has 1 heterocycles. The number of benzene rings is 2. The molecule has 3 aromatic rings. The van der Waals surface area contributed by atoms with Crippen molar-refractivity contribution in [1.29, 1.82) is 5.26 Å². The van der Waals surface area contributed by atoms with Crippen molar-refractivity contribution >= 4 is 11.0 Å². The van der Waals surface area contributed by atoms with Crippen LogP contribution in [0, 0.1) is 23.0 Å². The Hall–Kier alpha value is -2.74. The Bertz CT molecular complexity index is 846. The Labute approximate surface area is 120 Å². The van der Waals surface area contributed by atoms with Gasteiger partial charge in [0.2, 0.25) is 0 Å². The van der Waals surface area contributed by atoms with E-state index < -0.39 is 11.6 Å². The molecule has 0 aliphatic heterocycles. The molecule has 1 aromatic heterocycles. The van der Waals surface area contributed by atoms with Gasteiger partial charge in [-0.1, -0.05) is 18.2 Å². The quantitative estimate of drug-likeness (QED) is 0.739. The van der Waals surface area contributed by atoms with Crippen molar-refractivity contribution in [3.8, 4) is 6.07 Å². The summed E-state index contributed by atoms with van der Waals surface area (Å²) in [6.45, 7) is 0.212. The lowest BCUT2D eigenvalue weighted by Crippen LogP contribution is -2.06. The van der Waals surface area contributed by atoms with E-state index in [0.29, 0.717) is 11.4 Å². The fourth-order valence-corrected chi connectivity index (χ4v) is 2.33. The molecule has 2 aromatic carbocycles. The first-order valence-corrected chi connectivity index (χ1v) is 6.44. The molecule has 0 atom stereocenters. The molecule has 0 N–H and O–H groups in total. The molecule has 3 rings (SSSR count). The van der Waals surface area contributed by atoms with Crippen LogP contribution in [0.1, 0.15) is 11.4 Å². The van der Waals surface area contributed by atoms with Crippen molar-refractivity contribution in [2.24, 2.45) is 0 Å². The van der Waals surface area contributed by atoms with Gasteiger partial charge in [-0.05, 0) is 18.2 Å². The third kappa shape index (κ3) is 2.48. The summed E-state index contributed by atoms with van der Waals surface area (Å²) in [5, 5.41) is 8.90. The van der Waals surface area contributed by atoms with Crippen molar-refractivity contribution in [3.63, 3.8) is 0 Å². The Morgan fingerprint density at radius 2 is 1.95 bits per heavy atom. The molecule has 0 saturated heterocycles. The summed E-state index contributed by atoms with van der Waals surface area (Å²) in [6.07, 6.45) is 0.136. The lowest BCUT2D eigenvalue weighted by Gasteiger charge is -2.09. The molecule has 0 aliphatic carbocycles. The van der Waals surface area contributed by atoms with Crippen molar-refractivity contribution in [2.75, 3.05) is 0 Å². The van der Waals surface area contributed by atoms with E-state index >= 15 is 0 Å². The average Bonchev–Trinajstić information content (AvgIpc) is 2.80. The molecule has 0 unspecified atom stereocenters. The Morgan fingerprint density at radius 3 is 2.71 bits per heavy atom. The molecule has 0 amide bonds. The minimum absolute atomic E-state index is 0.136. The first-order valence-electron chi connectivity index (χ1n) is 6.44. The van der Waals surface area contributed by atoms with E-state index in [0.717, 1.165) is 17.1 Å². The normalized spacial score (nSPS) is 10.7. The highest BCUT2D eigenvalue weighted by molar-refractivity contribution is 5.76. The summed E-state index contributed by atoms with van der Waals surface area (Å²) in [5.74, 6) is -0.637. The number of nitrogens with zero attached hydrogens (tertiary/aromatic N) is 3. The van der Waals surface area contributed by atoms with Crippen LogP contribution >= 0.6 is 0 Å². The molecule has 3 nitrogen and oxygen atoms in total. The summed E-state index contributed by atoms with van der Waals surface area (Å²) >= 11 is 0. The number of nitriles is 1. The highest BCUT2D eigenvalue weighted by Crippen LogP contribution is 2.19. The van der Waals surface area contributed by atoms with E-state index in [4.69, 9.17) is 5.26 Å². The molecule has 104 valence electrons. The Morgan fingerprint density at radius 1 is 1.14 bits per heavy atom. The molecule has 5 heteroatoms. The Balaban J connectivity index is 2.10. The molecule has 21 heavy (non-hydrogen) atoms. The second-order valence-electron chi connectivity index (χ2n) is 4.67. The first kappa shape index (κ1) is 13.3. The average molecular weight is 283 g/mol. The lowest BCUT2D eigenvalue weighted by atomic mass is 10.2. The molecule has 0 spiro atoms. The SMILES string of the molecule is N#CCc1nc2ccccc2n1Cc1ccc(F)cc1F. The maximum Gasteiger partial charge on any atom is 0.131 e. The van der Waals surface area contributed by atoms with Gasteiger partial charge in [0, 0.05) is 11.6 Å². The molecular formula is C16H11F2N3. The number of fused-ring (bicyclic) bond motifs is 1. The summed E-state index contributed by atoms with van der Waals surface area (Å²) in [5.41, 5.74) is 1.94.